The van der Waals surface area contributed by atoms with Gasteiger partial charge in [-0.25, -0.2) is 0 Å². The Bertz CT molecular complexity index is 309. The molecule has 3 heteroatoms. The summed E-state index contributed by atoms with van der Waals surface area (Å²) in [7, 11) is 0. The van der Waals surface area contributed by atoms with Crippen LogP contribution in [0.1, 0.15) is 48.6 Å². The molecule has 1 aromatic heterocycles. The van der Waals surface area contributed by atoms with E-state index in [1.165, 1.54) is 36.1 Å². The normalized spacial score (nSPS) is 19.7. The van der Waals surface area contributed by atoms with Crippen LogP contribution in [0.25, 0.3) is 0 Å². The van der Waals surface area contributed by atoms with Crippen LogP contribution >= 0.6 is 22.9 Å². The van der Waals surface area contributed by atoms with E-state index in [4.69, 9.17) is 17.3 Å². The Labute approximate surface area is 101 Å². The minimum Gasteiger partial charge on any atom is -0.323 e. The van der Waals surface area contributed by atoms with Gasteiger partial charge < -0.3 is 5.73 Å². The van der Waals surface area contributed by atoms with Crippen molar-refractivity contribution < 1.29 is 0 Å². The van der Waals surface area contributed by atoms with E-state index < -0.39 is 0 Å². The van der Waals surface area contributed by atoms with E-state index in [2.05, 4.69) is 6.07 Å². The van der Waals surface area contributed by atoms with Crippen molar-refractivity contribution in [2.75, 3.05) is 0 Å². The maximum Gasteiger partial charge on any atom is 0.0960 e. The predicted molar refractivity (Wildman–Crippen MR) is 67.6 cm³/mol. The molecule has 1 aromatic rings. The Morgan fingerprint density at radius 3 is 2.73 bits per heavy atom. The van der Waals surface area contributed by atoms with Crippen LogP contribution < -0.4 is 5.73 Å². The van der Waals surface area contributed by atoms with Gasteiger partial charge in [0, 0.05) is 10.9 Å². The second-order valence-electron chi connectivity index (χ2n) is 4.60. The van der Waals surface area contributed by atoms with E-state index in [0.717, 1.165) is 16.7 Å². The standard InChI is InChI=1S/C12H18ClNS/c1-8-6-11(15-12(8)13)10(14)7-9-4-2-3-5-9/h6,9-10H,2-5,7,14H2,1H3. The molecule has 1 fully saturated rings. The summed E-state index contributed by atoms with van der Waals surface area (Å²) in [6, 6.07) is 2.34. The lowest BCUT2D eigenvalue weighted by molar-refractivity contribution is 0.454. The SMILES string of the molecule is Cc1cc(C(N)CC2CCCC2)sc1Cl. The zero-order chi connectivity index (χ0) is 10.8. The largest absolute Gasteiger partial charge is 0.323 e. The predicted octanol–water partition coefficient (Wildman–Crippen LogP) is 4.29. The molecular weight excluding hydrogens is 226 g/mol. The van der Waals surface area contributed by atoms with Crippen LogP contribution in [0.4, 0.5) is 0 Å². The van der Waals surface area contributed by atoms with E-state index in [1.54, 1.807) is 11.3 Å². The highest BCUT2D eigenvalue weighted by Gasteiger charge is 2.20. The summed E-state index contributed by atoms with van der Waals surface area (Å²) < 4.78 is 0.895. The van der Waals surface area contributed by atoms with Crippen LogP contribution in [0.2, 0.25) is 4.34 Å². The van der Waals surface area contributed by atoms with Gasteiger partial charge in [-0.2, -0.15) is 0 Å². The fourth-order valence-electron chi connectivity index (χ4n) is 2.39. The third-order valence-corrected chi connectivity index (χ3v) is 4.99. The van der Waals surface area contributed by atoms with Crippen LogP contribution in [0.3, 0.4) is 0 Å². The Balaban J connectivity index is 1.97. The monoisotopic (exact) mass is 243 g/mol. The fourth-order valence-corrected chi connectivity index (χ4v) is 3.62. The first-order valence-corrected chi connectivity index (χ1v) is 6.87. The Morgan fingerprint density at radius 2 is 2.20 bits per heavy atom. The summed E-state index contributed by atoms with van der Waals surface area (Å²) in [5.74, 6) is 0.848. The van der Waals surface area contributed by atoms with E-state index in [0.29, 0.717) is 0 Å². The minimum atomic E-state index is 0.198. The second-order valence-corrected chi connectivity index (χ2v) is 6.28. The van der Waals surface area contributed by atoms with Gasteiger partial charge in [-0.1, -0.05) is 37.3 Å². The van der Waals surface area contributed by atoms with Crippen molar-refractivity contribution in [1.29, 1.82) is 0 Å². The van der Waals surface area contributed by atoms with E-state index in [-0.39, 0.29) is 6.04 Å². The zero-order valence-corrected chi connectivity index (χ0v) is 10.7. The lowest BCUT2D eigenvalue weighted by atomic mass is 9.98. The molecule has 1 atom stereocenters. The maximum atomic E-state index is 6.21. The number of rotatable bonds is 3. The van der Waals surface area contributed by atoms with Gasteiger partial charge >= 0.3 is 0 Å². The highest BCUT2D eigenvalue weighted by molar-refractivity contribution is 7.16. The molecule has 1 saturated carbocycles. The maximum absolute atomic E-state index is 6.21. The van der Waals surface area contributed by atoms with Crippen LogP contribution in [0, 0.1) is 12.8 Å². The molecule has 84 valence electrons. The van der Waals surface area contributed by atoms with Crippen molar-refractivity contribution in [2.45, 2.75) is 45.1 Å². The summed E-state index contributed by atoms with van der Waals surface area (Å²) in [6.07, 6.45) is 6.65. The van der Waals surface area contributed by atoms with Crippen LogP contribution in [-0.4, -0.2) is 0 Å². The third kappa shape index (κ3) is 2.74. The van der Waals surface area contributed by atoms with Crippen molar-refractivity contribution >= 4 is 22.9 Å². The molecule has 2 N–H and O–H groups in total. The number of thiophene rings is 1. The lowest BCUT2D eigenvalue weighted by Gasteiger charge is -2.14. The molecule has 1 aliphatic carbocycles. The van der Waals surface area contributed by atoms with Crippen LogP contribution in [0.15, 0.2) is 6.07 Å². The van der Waals surface area contributed by atoms with Gasteiger partial charge in [0.15, 0.2) is 0 Å². The first kappa shape index (κ1) is 11.4. The average Bonchev–Trinajstić information content (AvgIpc) is 2.78. The van der Waals surface area contributed by atoms with Gasteiger partial charge in [0.2, 0.25) is 0 Å². The molecule has 1 nitrogen and oxygen atoms in total. The topological polar surface area (TPSA) is 26.0 Å². The first-order chi connectivity index (χ1) is 7.16. The molecule has 0 radical (unpaired) electrons. The number of aryl methyl sites for hydroxylation is 1. The summed E-state index contributed by atoms with van der Waals surface area (Å²) in [6.45, 7) is 2.05. The Hall–Kier alpha value is -0.0500. The molecule has 1 aliphatic rings. The van der Waals surface area contributed by atoms with Crippen molar-refractivity contribution in [3.63, 3.8) is 0 Å². The minimum absolute atomic E-state index is 0.198. The highest BCUT2D eigenvalue weighted by atomic mass is 35.5. The van der Waals surface area contributed by atoms with Gasteiger partial charge in [0.05, 0.1) is 4.34 Å². The second kappa shape index (κ2) is 4.86. The highest BCUT2D eigenvalue weighted by Crippen LogP contribution is 2.36. The molecular formula is C12H18ClNS. The number of halogens is 1. The number of nitrogens with two attached hydrogens (primary N) is 1. The number of hydrogen-bond acceptors (Lipinski definition) is 2. The van der Waals surface area contributed by atoms with Gasteiger partial charge in [-0.05, 0) is 30.9 Å². The van der Waals surface area contributed by atoms with Crippen molar-refractivity contribution in [3.05, 3.63) is 20.8 Å². The lowest BCUT2D eigenvalue weighted by Crippen LogP contribution is -2.12. The smallest absolute Gasteiger partial charge is 0.0960 e. The van der Waals surface area contributed by atoms with Crippen molar-refractivity contribution in [2.24, 2.45) is 11.7 Å². The summed E-state index contributed by atoms with van der Waals surface area (Å²) >= 11 is 7.70. The zero-order valence-electron chi connectivity index (χ0n) is 9.13. The van der Waals surface area contributed by atoms with Crippen molar-refractivity contribution in [1.82, 2.24) is 0 Å². The first-order valence-electron chi connectivity index (χ1n) is 5.68. The molecule has 0 spiro atoms. The summed E-state index contributed by atoms with van der Waals surface area (Å²) in [4.78, 5) is 1.25. The van der Waals surface area contributed by atoms with Crippen LogP contribution in [-0.2, 0) is 0 Å². The molecule has 15 heavy (non-hydrogen) atoms. The van der Waals surface area contributed by atoms with E-state index >= 15 is 0 Å². The molecule has 0 aliphatic heterocycles. The van der Waals surface area contributed by atoms with Gasteiger partial charge in [0.1, 0.15) is 0 Å². The third-order valence-electron chi connectivity index (χ3n) is 3.30. The van der Waals surface area contributed by atoms with E-state index in [9.17, 15) is 0 Å². The fraction of sp³-hybridized carbons (Fsp3) is 0.667. The quantitative estimate of drug-likeness (QED) is 0.842. The Kier molecular flexibility index (Phi) is 3.70. The molecule has 1 unspecified atom stereocenters. The molecule has 1 heterocycles. The van der Waals surface area contributed by atoms with Crippen LogP contribution in [0.5, 0.6) is 0 Å². The summed E-state index contributed by atoms with van der Waals surface area (Å²) in [5, 5.41) is 0. The average molecular weight is 244 g/mol. The van der Waals surface area contributed by atoms with Gasteiger partial charge in [-0.3, -0.25) is 0 Å². The molecule has 2 rings (SSSR count). The molecule has 0 aromatic carbocycles. The van der Waals surface area contributed by atoms with E-state index in [1.807, 2.05) is 6.92 Å². The summed E-state index contributed by atoms with van der Waals surface area (Å²) in [5.41, 5.74) is 7.37. The number of hydrogen-bond donors (Lipinski definition) is 1. The molecule has 0 amide bonds. The van der Waals surface area contributed by atoms with Gasteiger partial charge in [-0.15, -0.1) is 11.3 Å². The molecule has 0 saturated heterocycles. The Morgan fingerprint density at radius 1 is 1.53 bits per heavy atom. The van der Waals surface area contributed by atoms with Crippen molar-refractivity contribution in [3.8, 4) is 0 Å². The molecule has 0 bridgehead atoms. The van der Waals surface area contributed by atoms with Gasteiger partial charge in [0.25, 0.3) is 0 Å².